The van der Waals surface area contributed by atoms with Gasteiger partial charge >= 0.3 is 0 Å². The zero-order valence-corrected chi connectivity index (χ0v) is 13.1. The lowest BCUT2D eigenvalue weighted by molar-refractivity contribution is 0.117. The van der Waals surface area contributed by atoms with Gasteiger partial charge in [-0.05, 0) is 43.2 Å². The third-order valence-corrected chi connectivity index (χ3v) is 4.79. The average Bonchev–Trinajstić information content (AvgIpc) is 2.49. The van der Waals surface area contributed by atoms with E-state index in [4.69, 9.17) is 0 Å². The maximum Gasteiger partial charge on any atom is 0.0940 e. The first-order chi connectivity index (χ1) is 9.61. The Morgan fingerprint density at radius 1 is 1.20 bits per heavy atom. The van der Waals surface area contributed by atoms with Gasteiger partial charge in [0.05, 0.1) is 6.10 Å². The van der Waals surface area contributed by atoms with Gasteiger partial charge in [0.2, 0.25) is 0 Å². The molecule has 2 heteroatoms. The van der Waals surface area contributed by atoms with E-state index in [0.29, 0.717) is 6.04 Å². The molecule has 1 saturated carbocycles. The standard InChI is InChI=1S/C18H29NO/c1-4-15-9-11-16(12-10-15)18(20)14(3)19-17-8-6-5-7-13(17)2/h9-14,17-20H,4-8H2,1-3H3. The molecule has 2 rings (SSSR count). The number of nitrogens with one attached hydrogen (secondary N) is 1. The minimum absolute atomic E-state index is 0.105. The van der Waals surface area contributed by atoms with Gasteiger partial charge in [-0.2, -0.15) is 0 Å². The summed E-state index contributed by atoms with van der Waals surface area (Å²) < 4.78 is 0. The van der Waals surface area contributed by atoms with Gasteiger partial charge < -0.3 is 10.4 Å². The highest BCUT2D eigenvalue weighted by Gasteiger charge is 2.25. The minimum atomic E-state index is -0.421. The Labute approximate surface area is 123 Å². The number of rotatable bonds is 5. The van der Waals surface area contributed by atoms with Gasteiger partial charge in [0.15, 0.2) is 0 Å². The fourth-order valence-electron chi connectivity index (χ4n) is 3.23. The summed E-state index contributed by atoms with van der Waals surface area (Å²) in [5.41, 5.74) is 2.34. The molecule has 0 bridgehead atoms. The predicted octanol–water partition coefficient (Wildman–Crippen LogP) is 3.84. The Kier molecular flexibility index (Phi) is 5.62. The summed E-state index contributed by atoms with van der Waals surface area (Å²) in [6.07, 6.45) is 5.85. The Hall–Kier alpha value is -0.860. The lowest BCUT2D eigenvalue weighted by Gasteiger charge is -2.33. The van der Waals surface area contributed by atoms with E-state index in [9.17, 15) is 5.11 Å². The van der Waals surface area contributed by atoms with Crippen LogP contribution >= 0.6 is 0 Å². The van der Waals surface area contributed by atoms with Crippen molar-refractivity contribution in [1.82, 2.24) is 5.32 Å². The van der Waals surface area contributed by atoms with Crippen molar-refractivity contribution >= 4 is 0 Å². The summed E-state index contributed by atoms with van der Waals surface area (Å²) in [6.45, 7) is 6.58. The van der Waals surface area contributed by atoms with Crippen molar-refractivity contribution in [3.8, 4) is 0 Å². The monoisotopic (exact) mass is 275 g/mol. The van der Waals surface area contributed by atoms with Crippen molar-refractivity contribution in [3.63, 3.8) is 0 Å². The molecule has 1 aliphatic rings. The number of hydrogen-bond donors (Lipinski definition) is 2. The van der Waals surface area contributed by atoms with Crippen LogP contribution in [0, 0.1) is 5.92 Å². The molecule has 0 saturated heterocycles. The lowest BCUT2D eigenvalue weighted by atomic mass is 9.85. The van der Waals surface area contributed by atoms with E-state index in [1.807, 2.05) is 0 Å². The first-order valence-corrected chi connectivity index (χ1v) is 8.14. The van der Waals surface area contributed by atoms with Crippen molar-refractivity contribution < 1.29 is 5.11 Å². The van der Waals surface area contributed by atoms with Crippen LogP contribution in [0.25, 0.3) is 0 Å². The molecule has 1 aromatic rings. The number of benzene rings is 1. The molecule has 4 unspecified atom stereocenters. The maximum absolute atomic E-state index is 10.5. The molecule has 112 valence electrons. The van der Waals surface area contributed by atoms with Crippen LogP contribution in [0.1, 0.15) is 63.7 Å². The maximum atomic E-state index is 10.5. The summed E-state index contributed by atoms with van der Waals surface area (Å²) in [7, 11) is 0. The van der Waals surface area contributed by atoms with Crippen LogP contribution in [-0.2, 0) is 6.42 Å². The van der Waals surface area contributed by atoms with E-state index in [1.165, 1.54) is 31.2 Å². The molecule has 4 atom stereocenters. The Balaban J connectivity index is 1.94. The molecule has 0 aromatic heterocycles. The highest BCUT2D eigenvalue weighted by Crippen LogP contribution is 2.26. The zero-order chi connectivity index (χ0) is 14.5. The SMILES string of the molecule is CCc1ccc(C(O)C(C)NC2CCCCC2C)cc1. The van der Waals surface area contributed by atoms with Gasteiger partial charge in [-0.15, -0.1) is 0 Å². The molecular formula is C18H29NO. The van der Waals surface area contributed by atoms with Crippen molar-refractivity contribution in [3.05, 3.63) is 35.4 Å². The summed E-state index contributed by atoms with van der Waals surface area (Å²) in [5.74, 6) is 0.723. The van der Waals surface area contributed by atoms with Gasteiger partial charge in [-0.25, -0.2) is 0 Å². The summed E-state index contributed by atoms with van der Waals surface area (Å²) >= 11 is 0. The van der Waals surface area contributed by atoms with Crippen LogP contribution in [0.4, 0.5) is 0 Å². The van der Waals surface area contributed by atoms with Gasteiger partial charge in [0.1, 0.15) is 0 Å². The van der Waals surface area contributed by atoms with Crippen molar-refractivity contribution in [1.29, 1.82) is 0 Å². The molecule has 1 aliphatic carbocycles. The average molecular weight is 275 g/mol. The first kappa shape index (κ1) is 15.5. The molecule has 0 spiro atoms. The molecular weight excluding hydrogens is 246 g/mol. The molecule has 1 aromatic carbocycles. The van der Waals surface area contributed by atoms with E-state index >= 15 is 0 Å². The normalized spacial score (nSPS) is 26.2. The molecule has 1 fully saturated rings. The summed E-state index contributed by atoms with van der Waals surface area (Å²) in [6, 6.07) is 9.03. The summed E-state index contributed by atoms with van der Waals surface area (Å²) in [5, 5.41) is 14.2. The molecule has 2 nitrogen and oxygen atoms in total. The van der Waals surface area contributed by atoms with Gasteiger partial charge in [-0.1, -0.05) is 51.0 Å². The van der Waals surface area contributed by atoms with Crippen LogP contribution in [0.5, 0.6) is 0 Å². The fourth-order valence-corrected chi connectivity index (χ4v) is 3.23. The van der Waals surface area contributed by atoms with Crippen molar-refractivity contribution in [2.45, 2.75) is 71.1 Å². The number of aryl methyl sites for hydroxylation is 1. The first-order valence-electron chi connectivity index (χ1n) is 8.14. The van der Waals surface area contributed by atoms with Gasteiger partial charge in [0.25, 0.3) is 0 Å². The fraction of sp³-hybridized carbons (Fsp3) is 0.667. The molecule has 2 N–H and O–H groups in total. The van der Waals surface area contributed by atoms with Crippen molar-refractivity contribution in [2.24, 2.45) is 5.92 Å². The van der Waals surface area contributed by atoms with Crippen LogP contribution in [0.2, 0.25) is 0 Å². The largest absolute Gasteiger partial charge is 0.387 e. The molecule has 20 heavy (non-hydrogen) atoms. The van der Waals surface area contributed by atoms with E-state index in [2.05, 4.69) is 50.4 Å². The quantitative estimate of drug-likeness (QED) is 0.855. The van der Waals surface area contributed by atoms with Gasteiger partial charge in [0, 0.05) is 12.1 Å². The highest BCUT2D eigenvalue weighted by molar-refractivity contribution is 5.25. The zero-order valence-electron chi connectivity index (χ0n) is 13.1. The molecule has 0 aliphatic heterocycles. The minimum Gasteiger partial charge on any atom is -0.387 e. The van der Waals surface area contributed by atoms with Crippen LogP contribution in [0.3, 0.4) is 0 Å². The number of hydrogen-bond acceptors (Lipinski definition) is 2. The van der Waals surface area contributed by atoms with Crippen LogP contribution in [-0.4, -0.2) is 17.2 Å². The Morgan fingerprint density at radius 2 is 1.85 bits per heavy atom. The third-order valence-electron chi connectivity index (χ3n) is 4.79. The van der Waals surface area contributed by atoms with Crippen LogP contribution in [0.15, 0.2) is 24.3 Å². The van der Waals surface area contributed by atoms with Gasteiger partial charge in [-0.3, -0.25) is 0 Å². The lowest BCUT2D eigenvalue weighted by Crippen LogP contribution is -2.44. The van der Waals surface area contributed by atoms with E-state index in [-0.39, 0.29) is 6.04 Å². The van der Waals surface area contributed by atoms with E-state index in [0.717, 1.165) is 17.9 Å². The Morgan fingerprint density at radius 3 is 2.45 bits per heavy atom. The number of aliphatic hydroxyl groups is 1. The second kappa shape index (κ2) is 7.24. The van der Waals surface area contributed by atoms with Crippen LogP contribution < -0.4 is 5.32 Å². The second-order valence-corrected chi connectivity index (χ2v) is 6.36. The molecule has 0 heterocycles. The molecule has 0 amide bonds. The number of aliphatic hydroxyl groups excluding tert-OH is 1. The van der Waals surface area contributed by atoms with E-state index in [1.54, 1.807) is 0 Å². The topological polar surface area (TPSA) is 32.3 Å². The highest BCUT2D eigenvalue weighted by atomic mass is 16.3. The smallest absolute Gasteiger partial charge is 0.0940 e. The Bertz CT molecular complexity index is 400. The molecule has 0 radical (unpaired) electrons. The predicted molar refractivity (Wildman–Crippen MR) is 84.8 cm³/mol. The summed E-state index contributed by atoms with van der Waals surface area (Å²) in [4.78, 5) is 0. The van der Waals surface area contributed by atoms with Crippen molar-refractivity contribution in [2.75, 3.05) is 0 Å². The second-order valence-electron chi connectivity index (χ2n) is 6.36. The third kappa shape index (κ3) is 3.83. The van der Waals surface area contributed by atoms with E-state index < -0.39 is 6.10 Å².